The zero-order valence-corrected chi connectivity index (χ0v) is 18.3. The van der Waals surface area contributed by atoms with Crippen LogP contribution < -0.4 is 9.47 Å². The van der Waals surface area contributed by atoms with Crippen LogP contribution in [0, 0.1) is 0 Å². The third-order valence-corrected chi connectivity index (χ3v) is 6.34. The number of methoxy groups -OCH3 is 2. The third kappa shape index (κ3) is 3.50. The second-order valence-electron chi connectivity index (χ2n) is 8.09. The predicted octanol–water partition coefficient (Wildman–Crippen LogP) is 5.17. The Morgan fingerprint density at radius 1 is 0.938 bits per heavy atom. The van der Waals surface area contributed by atoms with Crippen LogP contribution in [0.3, 0.4) is 0 Å². The number of benzene rings is 3. The van der Waals surface area contributed by atoms with E-state index in [1.807, 2.05) is 59.5 Å². The summed E-state index contributed by atoms with van der Waals surface area (Å²) in [6.07, 6.45) is 1.52. The van der Waals surface area contributed by atoms with Gasteiger partial charge in [0.2, 0.25) is 0 Å². The number of carbonyl (C=O) groups excluding carboxylic acids is 1. The van der Waals surface area contributed by atoms with Gasteiger partial charge in [0.15, 0.2) is 11.5 Å². The minimum absolute atomic E-state index is 0.00412. The molecule has 162 valence electrons. The van der Waals surface area contributed by atoms with Gasteiger partial charge in [-0.05, 0) is 47.7 Å². The SMILES string of the molecule is COc1ccc(CCN2C(=O)c3[nH]c4ccccc4c3C[C@@H]2c2ccccc2)cc1OC. The number of hydrogen-bond acceptors (Lipinski definition) is 3. The van der Waals surface area contributed by atoms with Crippen molar-refractivity contribution in [3.05, 3.63) is 95.2 Å². The van der Waals surface area contributed by atoms with E-state index in [1.54, 1.807) is 14.2 Å². The normalized spacial score (nSPS) is 15.6. The molecular formula is C27H26N2O3. The first kappa shape index (κ1) is 20.2. The molecule has 0 unspecified atom stereocenters. The molecule has 0 bridgehead atoms. The number of nitrogens with one attached hydrogen (secondary N) is 1. The molecule has 1 aliphatic heterocycles. The molecule has 0 saturated carbocycles. The smallest absolute Gasteiger partial charge is 0.271 e. The van der Waals surface area contributed by atoms with Crippen LogP contribution in [0.25, 0.3) is 10.9 Å². The highest BCUT2D eigenvalue weighted by Crippen LogP contribution is 2.37. The molecule has 0 spiro atoms. The van der Waals surface area contributed by atoms with Crippen molar-refractivity contribution < 1.29 is 14.3 Å². The van der Waals surface area contributed by atoms with E-state index in [2.05, 4.69) is 23.2 Å². The van der Waals surface area contributed by atoms with E-state index in [-0.39, 0.29) is 11.9 Å². The Labute approximate surface area is 187 Å². The lowest BCUT2D eigenvalue weighted by molar-refractivity contribution is 0.0645. The number of ether oxygens (including phenoxy) is 2. The average Bonchev–Trinajstić information content (AvgIpc) is 3.22. The van der Waals surface area contributed by atoms with Gasteiger partial charge in [-0.15, -0.1) is 0 Å². The molecule has 3 aromatic carbocycles. The van der Waals surface area contributed by atoms with Gasteiger partial charge in [-0.25, -0.2) is 0 Å². The summed E-state index contributed by atoms with van der Waals surface area (Å²) in [6.45, 7) is 0.614. The first-order valence-corrected chi connectivity index (χ1v) is 10.9. The maximum absolute atomic E-state index is 13.7. The number of aromatic nitrogens is 1. The van der Waals surface area contributed by atoms with Crippen molar-refractivity contribution in [3.8, 4) is 11.5 Å². The third-order valence-electron chi connectivity index (χ3n) is 6.34. The van der Waals surface area contributed by atoms with Gasteiger partial charge in [0.05, 0.1) is 20.3 Å². The highest BCUT2D eigenvalue weighted by molar-refractivity contribution is 6.02. The molecule has 2 heterocycles. The summed E-state index contributed by atoms with van der Waals surface area (Å²) in [6, 6.07) is 24.4. The van der Waals surface area contributed by atoms with Gasteiger partial charge < -0.3 is 19.4 Å². The second kappa shape index (κ2) is 8.42. The Kier molecular flexibility index (Phi) is 5.31. The highest BCUT2D eigenvalue weighted by atomic mass is 16.5. The number of hydrogen-bond donors (Lipinski definition) is 1. The van der Waals surface area contributed by atoms with E-state index in [0.29, 0.717) is 23.7 Å². The van der Waals surface area contributed by atoms with E-state index >= 15 is 0 Å². The minimum atomic E-state index is -0.00412. The first-order valence-electron chi connectivity index (χ1n) is 10.9. The number of fused-ring (bicyclic) bond motifs is 3. The van der Waals surface area contributed by atoms with E-state index in [0.717, 1.165) is 40.4 Å². The molecular weight excluding hydrogens is 400 g/mol. The number of amides is 1. The Hall–Kier alpha value is -3.73. The average molecular weight is 427 g/mol. The van der Waals surface area contributed by atoms with Crippen LogP contribution in [0.4, 0.5) is 0 Å². The summed E-state index contributed by atoms with van der Waals surface area (Å²) in [7, 11) is 3.27. The lowest BCUT2D eigenvalue weighted by Crippen LogP contribution is -2.41. The lowest BCUT2D eigenvalue weighted by atomic mass is 9.91. The molecule has 5 rings (SSSR count). The summed E-state index contributed by atoms with van der Waals surface area (Å²) < 4.78 is 10.8. The van der Waals surface area contributed by atoms with Crippen molar-refractivity contribution in [1.29, 1.82) is 0 Å². The van der Waals surface area contributed by atoms with Crippen molar-refractivity contribution in [2.45, 2.75) is 18.9 Å². The molecule has 32 heavy (non-hydrogen) atoms. The monoisotopic (exact) mass is 426 g/mol. The summed E-state index contributed by atoms with van der Waals surface area (Å²) in [5, 5.41) is 1.14. The van der Waals surface area contributed by atoms with E-state index in [4.69, 9.17) is 9.47 Å². The maximum atomic E-state index is 13.7. The molecule has 4 aromatic rings. The molecule has 0 radical (unpaired) electrons. The molecule has 1 N–H and O–H groups in total. The standard InChI is InChI=1S/C27H26N2O3/c1-31-24-13-12-18(16-25(24)32-2)14-15-29-23(19-8-4-3-5-9-19)17-21-20-10-6-7-11-22(20)28-26(21)27(29)30/h3-13,16,23,28H,14-15,17H2,1-2H3/t23-/m1/s1. The fraction of sp³-hybridized carbons (Fsp3) is 0.222. The van der Waals surface area contributed by atoms with Crippen molar-refractivity contribution in [1.82, 2.24) is 9.88 Å². The fourth-order valence-electron chi connectivity index (χ4n) is 4.70. The van der Waals surface area contributed by atoms with Gasteiger partial charge in [0.1, 0.15) is 5.69 Å². The van der Waals surface area contributed by atoms with Crippen molar-refractivity contribution in [3.63, 3.8) is 0 Å². The van der Waals surface area contributed by atoms with Crippen molar-refractivity contribution in [2.75, 3.05) is 20.8 Å². The number of nitrogens with zero attached hydrogens (tertiary/aromatic N) is 1. The molecule has 1 amide bonds. The summed E-state index contributed by atoms with van der Waals surface area (Å²) >= 11 is 0. The molecule has 0 aliphatic carbocycles. The van der Waals surface area contributed by atoms with Crippen LogP contribution >= 0.6 is 0 Å². The number of para-hydroxylation sites is 1. The van der Waals surface area contributed by atoms with E-state index < -0.39 is 0 Å². The topological polar surface area (TPSA) is 54.6 Å². The van der Waals surface area contributed by atoms with E-state index in [1.165, 1.54) is 0 Å². The zero-order chi connectivity index (χ0) is 22.1. The van der Waals surface area contributed by atoms with Crippen LogP contribution in [0.1, 0.15) is 33.2 Å². The Bertz CT molecular complexity index is 1260. The summed E-state index contributed by atoms with van der Waals surface area (Å²) in [5.41, 5.74) is 5.10. The zero-order valence-electron chi connectivity index (χ0n) is 18.3. The van der Waals surface area contributed by atoms with Gasteiger partial charge in [0.25, 0.3) is 5.91 Å². The van der Waals surface area contributed by atoms with Crippen LogP contribution in [-0.4, -0.2) is 36.6 Å². The Morgan fingerprint density at radius 2 is 1.69 bits per heavy atom. The maximum Gasteiger partial charge on any atom is 0.271 e. The Balaban J connectivity index is 1.49. The number of H-pyrrole nitrogens is 1. The number of rotatable bonds is 6. The van der Waals surface area contributed by atoms with Gasteiger partial charge in [0, 0.05) is 17.4 Å². The van der Waals surface area contributed by atoms with Gasteiger partial charge in [-0.2, -0.15) is 0 Å². The Morgan fingerprint density at radius 3 is 2.47 bits per heavy atom. The van der Waals surface area contributed by atoms with Crippen LogP contribution in [0.5, 0.6) is 11.5 Å². The molecule has 0 saturated heterocycles. The quantitative estimate of drug-likeness (QED) is 0.463. The first-order chi connectivity index (χ1) is 15.7. The molecule has 5 heteroatoms. The summed E-state index contributed by atoms with van der Waals surface area (Å²) in [4.78, 5) is 19.0. The fourth-order valence-corrected chi connectivity index (χ4v) is 4.70. The summed E-state index contributed by atoms with van der Waals surface area (Å²) in [5.74, 6) is 1.46. The molecule has 5 nitrogen and oxygen atoms in total. The molecule has 0 fully saturated rings. The molecule has 1 atom stereocenters. The largest absolute Gasteiger partial charge is 0.493 e. The molecule has 1 aromatic heterocycles. The number of aromatic amines is 1. The van der Waals surface area contributed by atoms with Crippen LogP contribution in [0.15, 0.2) is 72.8 Å². The van der Waals surface area contributed by atoms with Crippen molar-refractivity contribution >= 4 is 16.8 Å². The highest BCUT2D eigenvalue weighted by Gasteiger charge is 2.35. The lowest BCUT2D eigenvalue weighted by Gasteiger charge is -2.36. The van der Waals surface area contributed by atoms with Gasteiger partial charge >= 0.3 is 0 Å². The van der Waals surface area contributed by atoms with Crippen molar-refractivity contribution in [2.24, 2.45) is 0 Å². The van der Waals surface area contributed by atoms with Gasteiger partial charge in [-0.1, -0.05) is 54.6 Å². The molecule has 1 aliphatic rings. The van der Waals surface area contributed by atoms with Crippen LogP contribution in [0.2, 0.25) is 0 Å². The van der Waals surface area contributed by atoms with Crippen LogP contribution in [-0.2, 0) is 12.8 Å². The van der Waals surface area contributed by atoms with Gasteiger partial charge in [-0.3, -0.25) is 4.79 Å². The van der Waals surface area contributed by atoms with E-state index in [9.17, 15) is 4.79 Å². The predicted molar refractivity (Wildman–Crippen MR) is 125 cm³/mol. The number of carbonyl (C=O) groups is 1. The minimum Gasteiger partial charge on any atom is -0.493 e. The second-order valence-corrected chi connectivity index (χ2v) is 8.09.